The highest BCUT2D eigenvalue weighted by Crippen LogP contribution is 2.44. The third kappa shape index (κ3) is 3.27. The van der Waals surface area contributed by atoms with Crippen molar-refractivity contribution in [2.24, 2.45) is 0 Å². The van der Waals surface area contributed by atoms with E-state index in [0.717, 1.165) is 0 Å². The number of hydrogen-bond acceptors (Lipinski definition) is 5. The first-order valence-electron chi connectivity index (χ1n) is 1.67. The Hall–Kier alpha value is 0.510. The van der Waals surface area contributed by atoms with Crippen LogP contribution in [0.1, 0.15) is 0 Å². The van der Waals surface area contributed by atoms with Gasteiger partial charge in [0.25, 0.3) is 6.79 Å². The minimum atomic E-state index is -2.19. The fraction of sp³-hybridized carbons (Fsp3) is 1.00. The van der Waals surface area contributed by atoms with Gasteiger partial charge in [0.15, 0.2) is 4.31 Å². The molecular formula is CH5O5P3+2. The van der Waals surface area contributed by atoms with E-state index in [0.29, 0.717) is 0 Å². The first-order valence-corrected chi connectivity index (χ1v) is 3.86. The summed E-state index contributed by atoms with van der Waals surface area (Å²) >= 11 is 0. The van der Waals surface area contributed by atoms with E-state index in [-0.39, 0.29) is 16.7 Å². The Balaban J connectivity index is 0.000000640. The molecule has 0 aromatic rings. The molecule has 1 aliphatic rings. The van der Waals surface area contributed by atoms with Crippen LogP contribution in [0.15, 0.2) is 0 Å². The second-order valence-electron chi connectivity index (χ2n) is 0.905. The predicted molar refractivity (Wildman–Crippen MR) is 34.4 cm³/mol. The molecule has 3 unspecified atom stereocenters. The minimum Gasteiger partial charge on any atom is -0.153 e. The Bertz CT molecular complexity index is 118. The van der Waals surface area contributed by atoms with Crippen LogP contribution in [-0.4, -0.2) is 6.79 Å². The van der Waals surface area contributed by atoms with E-state index in [1.165, 1.54) is 0 Å². The summed E-state index contributed by atoms with van der Waals surface area (Å²) in [6.07, 6.45) is 0. The van der Waals surface area contributed by atoms with Gasteiger partial charge < -0.3 is 0 Å². The quantitative estimate of drug-likeness (QED) is 0.540. The number of rotatable bonds is 0. The van der Waals surface area contributed by atoms with Crippen LogP contribution in [0.3, 0.4) is 0 Å². The van der Waals surface area contributed by atoms with E-state index in [9.17, 15) is 9.13 Å². The van der Waals surface area contributed by atoms with Crippen molar-refractivity contribution in [2.75, 3.05) is 6.79 Å². The second-order valence-corrected chi connectivity index (χ2v) is 2.97. The van der Waals surface area contributed by atoms with Crippen molar-refractivity contribution in [2.45, 2.75) is 0 Å². The molecule has 0 radical (unpaired) electrons. The summed E-state index contributed by atoms with van der Waals surface area (Å²) in [7, 11) is -4.38. The van der Waals surface area contributed by atoms with E-state index in [1.807, 2.05) is 0 Å². The molecule has 1 rings (SSSR count). The SMILES string of the molecule is O=[P+]1OCO[P+](=O)O1.P. The molecule has 1 aliphatic heterocycles. The van der Waals surface area contributed by atoms with Gasteiger partial charge in [-0.15, -0.1) is 0 Å². The molecular weight excluding hydrogens is 185 g/mol. The molecule has 3 atom stereocenters. The van der Waals surface area contributed by atoms with E-state index in [1.54, 1.807) is 0 Å². The van der Waals surface area contributed by atoms with Crippen molar-refractivity contribution in [3.8, 4) is 0 Å². The first kappa shape index (κ1) is 9.51. The zero-order chi connectivity index (χ0) is 5.98. The van der Waals surface area contributed by atoms with Crippen LogP contribution in [0.25, 0.3) is 0 Å². The molecule has 0 saturated carbocycles. The molecule has 0 bridgehead atoms. The maximum absolute atomic E-state index is 10.1. The van der Waals surface area contributed by atoms with E-state index < -0.39 is 16.5 Å². The largest absolute Gasteiger partial charge is 0.750 e. The fourth-order valence-corrected chi connectivity index (χ4v) is 1.38. The van der Waals surface area contributed by atoms with Crippen LogP contribution in [0.2, 0.25) is 0 Å². The van der Waals surface area contributed by atoms with Crippen LogP contribution in [-0.2, 0) is 22.5 Å². The average Bonchev–Trinajstić information content (AvgIpc) is 1.64. The normalized spacial score (nSPS) is 27.1. The molecule has 1 saturated heterocycles. The summed E-state index contributed by atoms with van der Waals surface area (Å²) in [4.78, 5) is 0. The molecule has 8 heteroatoms. The number of hydrogen-bond donors (Lipinski definition) is 0. The van der Waals surface area contributed by atoms with Crippen LogP contribution in [0, 0.1) is 0 Å². The molecule has 0 aromatic heterocycles. The van der Waals surface area contributed by atoms with Gasteiger partial charge in [0, 0.05) is 9.13 Å². The molecule has 9 heavy (non-hydrogen) atoms. The molecule has 1 heterocycles. The van der Waals surface area contributed by atoms with Crippen LogP contribution >= 0.6 is 26.4 Å². The van der Waals surface area contributed by atoms with Crippen LogP contribution < -0.4 is 0 Å². The zero-order valence-electron chi connectivity index (χ0n) is 4.35. The minimum absolute atomic E-state index is 0. The van der Waals surface area contributed by atoms with Crippen molar-refractivity contribution >= 4 is 26.4 Å². The lowest BCUT2D eigenvalue weighted by Crippen LogP contribution is -1.93. The van der Waals surface area contributed by atoms with E-state index in [4.69, 9.17) is 0 Å². The lowest BCUT2D eigenvalue weighted by Gasteiger charge is -1.82. The summed E-state index contributed by atoms with van der Waals surface area (Å²) in [6, 6.07) is 0. The lowest BCUT2D eigenvalue weighted by molar-refractivity contribution is 0.0870. The third-order valence-corrected chi connectivity index (χ3v) is 2.15. The Morgan fingerprint density at radius 3 is 1.78 bits per heavy atom. The highest BCUT2D eigenvalue weighted by atomic mass is 31.2. The summed E-state index contributed by atoms with van der Waals surface area (Å²) in [5, 5.41) is 0. The first-order chi connectivity index (χ1) is 3.79. The van der Waals surface area contributed by atoms with Gasteiger partial charge in [-0.05, 0) is 0 Å². The molecule has 0 spiro atoms. The second kappa shape index (κ2) is 4.35. The van der Waals surface area contributed by atoms with Crippen molar-refractivity contribution < 1.29 is 22.5 Å². The maximum atomic E-state index is 10.1. The fourth-order valence-electron chi connectivity index (χ4n) is 0.211. The molecule has 0 amide bonds. The summed E-state index contributed by atoms with van der Waals surface area (Å²) < 4.78 is 32.7. The Labute approximate surface area is 56.6 Å². The van der Waals surface area contributed by atoms with Crippen molar-refractivity contribution in [3.63, 3.8) is 0 Å². The van der Waals surface area contributed by atoms with Crippen LogP contribution in [0.5, 0.6) is 0 Å². The van der Waals surface area contributed by atoms with Gasteiger partial charge in [0.1, 0.15) is 0 Å². The van der Waals surface area contributed by atoms with Gasteiger partial charge in [-0.2, -0.15) is 9.90 Å². The smallest absolute Gasteiger partial charge is 0.153 e. The Morgan fingerprint density at radius 2 is 1.56 bits per heavy atom. The van der Waals surface area contributed by atoms with Gasteiger partial charge in [-0.3, -0.25) is 0 Å². The molecule has 5 nitrogen and oxygen atoms in total. The summed E-state index contributed by atoms with van der Waals surface area (Å²) in [6.45, 7) is -0.218. The van der Waals surface area contributed by atoms with Crippen molar-refractivity contribution in [1.29, 1.82) is 0 Å². The molecule has 0 aliphatic carbocycles. The molecule has 52 valence electrons. The van der Waals surface area contributed by atoms with Crippen molar-refractivity contribution in [1.82, 2.24) is 0 Å². The molecule has 0 aromatic carbocycles. The highest BCUT2D eigenvalue weighted by Gasteiger charge is 2.46. The average molecular weight is 190 g/mol. The van der Waals surface area contributed by atoms with E-state index >= 15 is 0 Å². The zero-order valence-corrected chi connectivity index (χ0v) is 7.55. The third-order valence-electron chi connectivity index (χ3n) is 0.450. The maximum Gasteiger partial charge on any atom is 0.750 e. The summed E-state index contributed by atoms with van der Waals surface area (Å²) in [5.74, 6) is 0. The molecule has 1 fully saturated rings. The van der Waals surface area contributed by atoms with Gasteiger partial charge in [0.05, 0.1) is 0 Å². The van der Waals surface area contributed by atoms with Gasteiger partial charge in [-0.25, -0.2) is 0 Å². The van der Waals surface area contributed by atoms with Crippen molar-refractivity contribution in [3.05, 3.63) is 0 Å². The van der Waals surface area contributed by atoms with Gasteiger partial charge in [0.2, 0.25) is 0 Å². The van der Waals surface area contributed by atoms with Gasteiger partial charge in [-0.1, -0.05) is 9.05 Å². The standard InChI is InChI=1S/CH2O5P2.H3P/c2-7-4-1-5-8(3)6-7;/h1H2;1H3/q+2;. The predicted octanol–water partition coefficient (Wildman–Crippen LogP) is 1.38. The topological polar surface area (TPSA) is 61.8 Å². The Morgan fingerprint density at radius 1 is 1.11 bits per heavy atom. The molecule has 0 N–H and O–H groups in total. The monoisotopic (exact) mass is 190 g/mol. The highest BCUT2D eigenvalue weighted by molar-refractivity contribution is 7.48. The summed E-state index contributed by atoms with van der Waals surface area (Å²) in [5.41, 5.74) is 0. The lowest BCUT2D eigenvalue weighted by atomic mass is 11.6. The van der Waals surface area contributed by atoms with Gasteiger partial charge >= 0.3 is 16.5 Å². The van der Waals surface area contributed by atoms with E-state index in [2.05, 4.69) is 13.4 Å². The Kier molecular flexibility index (Phi) is 4.59. The van der Waals surface area contributed by atoms with Crippen LogP contribution in [0.4, 0.5) is 0 Å².